The van der Waals surface area contributed by atoms with Gasteiger partial charge in [-0.2, -0.15) is 0 Å². The van der Waals surface area contributed by atoms with E-state index >= 15 is 0 Å². The fourth-order valence-corrected chi connectivity index (χ4v) is 4.90. The van der Waals surface area contributed by atoms with Gasteiger partial charge >= 0.3 is 12.4 Å². The number of ether oxygens (including phenoxy) is 2. The molecular formula is C25H19Cl2F3N2O4. The lowest BCUT2D eigenvalue weighted by atomic mass is 9.83. The maximum Gasteiger partial charge on any atom is 0.573 e. The third-order valence-corrected chi connectivity index (χ3v) is 6.73. The van der Waals surface area contributed by atoms with E-state index < -0.39 is 29.9 Å². The molecule has 6 nitrogen and oxygen atoms in total. The Morgan fingerprint density at radius 2 is 1.53 bits per heavy atom. The number of hydrogen-bond donors (Lipinski definition) is 1. The van der Waals surface area contributed by atoms with Gasteiger partial charge in [0.05, 0.1) is 19.3 Å². The van der Waals surface area contributed by atoms with E-state index in [9.17, 15) is 23.1 Å². The summed E-state index contributed by atoms with van der Waals surface area (Å²) in [7, 11) is 0. The van der Waals surface area contributed by atoms with E-state index in [4.69, 9.17) is 27.9 Å². The summed E-state index contributed by atoms with van der Waals surface area (Å²) in [6, 6.07) is 16.2. The summed E-state index contributed by atoms with van der Waals surface area (Å²) in [6.07, 6.45) is -4.93. The van der Waals surface area contributed by atoms with Gasteiger partial charge in [0.1, 0.15) is 5.75 Å². The van der Waals surface area contributed by atoms with Gasteiger partial charge in [-0.3, -0.25) is 9.80 Å². The highest BCUT2D eigenvalue weighted by Crippen LogP contribution is 2.49. The van der Waals surface area contributed by atoms with E-state index in [0.717, 1.165) is 17.0 Å². The van der Waals surface area contributed by atoms with Crippen LogP contribution in [0.4, 0.5) is 29.3 Å². The summed E-state index contributed by atoms with van der Waals surface area (Å²) in [5.74, 6) is -0.843. The topological polar surface area (TPSA) is 62.2 Å². The fourth-order valence-electron chi connectivity index (χ4n) is 4.65. The van der Waals surface area contributed by atoms with Gasteiger partial charge in [0, 0.05) is 32.9 Å². The molecule has 2 heterocycles. The number of anilines is 2. The second kappa shape index (κ2) is 9.15. The minimum absolute atomic E-state index is 0.0425. The van der Waals surface area contributed by atoms with Crippen LogP contribution in [0.25, 0.3) is 0 Å². The predicted octanol–water partition coefficient (Wildman–Crippen LogP) is 6.20. The van der Waals surface area contributed by atoms with E-state index in [1.165, 1.54) is 17.0 Å². The lowest BCUT2D eigenvalue weighted by Gasteiger charge is -2.43. The monoisotopic (exact) mass is 538 g/mol. The molecule has 11 heteroatoms. The van der Waals surface area contributed by atoms with Crippen molar-refractivity contribution in [1.29, 1.82) is 0 Å². The van der Waals surface area contributed by atoms with Crippen molar-refractivity contribution in [3.8, 4) is 5.75 Å². The summed E-state index contributed by atoms with van der Waals surface area (Å²) in [5, 5.41) is 13.3. The molecule has 0 radical (unpaired) electrons. The molecule has 188 valence electrons. The zero-order valence-corrected chi connectivity index (χ0v) is 20.0. The summed E-state index contributed by atoms with van der Waals surface area (Å²) in [5.41, 5.74) is -1.29. The van der Waals surface area contributed by atoms with Crippen LogP contribution in [0.15, 0.2) is 72.8 Å². The van der Waals surface area contributed by atoms with Crippen molar-refractivity contribution >= 4 is 40.6 Å². The van der Waals surface area contributed by atoms with Crippen LogP contribution in [0.2, 0.25) is 10.0 Å². The van der Waals surface area contributed by atoms with Crippen LogP contribution in [0.5, 0.6) is 5.75 Å². The molecule has 5 rings (SSSR count). The summed E-state index contributed by atoms with van der Waals surface area (Å²) in [6.45, 7) is 0.495. The second-order valence-corrected chi connectivity index (χ2v) is 9.36. The Kier molecular flexibility index (Phi) is 6.28. The van der Waals surface area contributed by atoms with Gasteiger partial charge in [0.2, 0.25) is 0 Å². The average molecular weight is 539 g/mol. The first-order valence-electron chi connectivity index (χ1n) is 10.9. The Morgan fingerprint density at radius 1 is 0.944 bits per heavy atom. The Balaban J connectivity index is 1.71. The first kappa shape index (κ1) is 24.7. The van der Waals surface area contributed by atoms with E-state index in [-0.39, 0.29) is 24.7 Å². The maximum atomic E-state index is 14.0. The smallest absolute Gasteiger partial charge is 0.406 e. The average Bonchev–Trinajstić information content (AvgIpc) is 3.01. The number of carbonyl (C=O) groups is 1. The molecule has 2 aliphatic heterocycles. The van der Waals surface area contributed by atoms with Crippen LogP contribution in [-0.2, 0) is 10.5 Å². The highest BCUT2D eigenvalue weighted by molar-refractivity contribution is 6.31. The van der Waals surface area contributed by atoms with Gasteiger partial charge < -0.3 is 14.6 Å². The number of benzene rings is 3. The zero-order valence-electron chi connectivity index (χ0n) is 18.5. The molecule has 2 amide bonds. The normalized spacial score (nSPS) is 22.6. The molecule has 0 spiro atoms. The molecule has 3 aromatic carbocycles. The Bertz CT molecular complexity index is 1270. The Labute approximate surface area is 214 Å². The molecule has 1 N–H and O–H groups in total. The van der Waals surface area contributed by atoms with Crippen molar-refractivity contribution < 1.29 is 32.5 Å². The minimum atomic E-state index is -4.93. The lowest BCUT2D eigenvalue weighted by Crippen LogP contribution is -2.57. The van der Waals surface area contributed by atoms with E-state index in [1.807, 2.05) is 0 Å². The number of hydrogen-bond acceptors (Lipinski definition) is 4. The van der Waals surface area contributed by atoms with Crippen molar-refractivity contribution in [3.63, 3.8) is 0 Å². The molecule has 2 aliphatic rings. The van der Waals surface area contributed by atoms with Gasteiger partial charge in [-0.25, -0.2) is 4.79 Å². The van der Waals surface area contributed by atoms with Crippen LogP contribution in [0.3, 0.4) is 0 Å². The van der Waals surface area contributed by atoms with Crippen molar-refractivity contribution in [1.82, 2.24) is 0 Å². The predicted molar refractivity (Wildman–Crippen MR) is 128 cm³/mol. The highest BCUT2D eigenvalue weighted by atomic mass is 35.5. The molecule has 0 aromatic heterocycles. The molecule has 3 aromatic rings. The van der Waals surface area contributed by atoms with Crippen LogP contribution >= 0.6 is 23.2 Å². The third kappa shape index (κ3) is 4.37. The number of nitrogens with zero attached hydrogens (tertiary/aromatic N) is 2. The maximum absolute atomic E-state index is 14.0. The molecule has 2 fully saturated rings. The van der Waals surface area contributed by atoms with E-state index in [1.54, 1.807) is 48.5 Å². The number of aliphatic hydroxyl groups is 1. The molecule has 2 atom stereocenters. The van der Waals surface area contributed by atoms with Gasteiger partial charge in [0.25, 0.3) is 0 Å². The molecule has 0 bridgehead atoms. The summed E-state index contributed by atoms with van der Waals surface area (Å²) >= 11 is 12.1. The van der Waals surface area contributed by atoms with Crippen LogP contribution in [0, 0.1) is 5.92 Å². The summed E-state index contributed by atoms with van der Waals surface area (Å²) < 4.78 is 48.4. The lowest BCUT2D eigenvalue weighted by molar-refractivity contribution is -0.274. The molecule has 0 saturated carbocycles. The van der Waals surface area contributed by atoms with Crippen molar-refractivity contribution in [3.05, 3.63) is 88.4 Å². The molecule has 2 unspecified atom stereocenters. The Morgan fingerprint density at radius 3 is 2.06 bits per heavy atom. The van der Waals surface area contributed by atoms with Crippen molar-refractivity contribution in [2.75, 3.05) is 23.0 Å². The standard InChI is InChI=1S/C25H19Cl2F3N2O4/c26-17-4-8-19(9-5-17)31-22(15-13-35-14-15)24(34,16-2-1-3-21(12-16)36-25(28,29)30)32(23(31)33)20-10-6-18(27)7-11-20/h1-12,15,22,34H,13-14H2. The number of carbonyl (C=O) groups excluding carboxylic acids is 1. The van der Waals surface area contributed by atoms with Gasteiger partial charge in [0.15, 0.2) is 5.72 Å². The number of rotatable bonds is 5. The number of urea groups is 1. The largest absolute Gasteiger partial charge is 0.573 e. The van der Waals surface area contributed by atoms with Gasteiger partial charge in [-0.05, 0) is 60.7 Å². The van der Waals surface area contributed by atoms with E-state index in [0.29, 0.717) is 21.4 Å². The highest BCUT2D eigenvalue weighted by Gasteiger charge is 2.62. The van der Waals surface area contributed by atoms with Crippen molar-refractivity contribution in [2.45, 2.75) is 18.1 Å². The van der Waals surface area contributed by atoms with Gasteiger partial charge in [-0.15, -0.1) is 13.2 Å². The molecule has 2 saturated heterocycles. The van der Waals surface area contributed by atoms with E-state index in [2.05, 4.69) is 4.74 Å². The number of alkyl halides is 3. The van der Waals surface area contributed by atoms with Crippen molar-refractivity contribution in [2.24, 2.45) is 5.92 Å². The molecular weight excluding hydrogens is 520 g/mol. The van der Waals surface area contributed by atoms with Crippen LogP contribution in [0.1, 0.15) is 5.56 Å². The van der Waals surface area contributed by atoms with Crippen LogP contribution in [-0.4, -0.2) is 36.8 Å². The molecule has 0 aliphatic carbocycles. The number of halogens is 5. The second-order valence-electron chi connectivity index (χ2n) is 8.48. The fraction of sp³-hybridized carbons (Fsp3) is 0.240. The first-order valence-corrected chi connectivity index (χ1v) is 11.6. The summed E-state index contributed by atoms with van der Waals surface area (Å²) in [4.78, 5) is 16.6. The van der Waals surface area contributed by atoms with Gasteiger partial charge in [-0.1, -0.05) is 35.3 Å². The minimum Gasteiger partial charge on any atom is -0.406 e. The third-order valence-electron chi connectivity index (χ3n) is 6.22. The number of amides is 2. The Hall–Kier alpha value is -2.98. The van der Waals surface area contributed by atoms with Crippen LogP contribution < -0.4 is 14.5 Å². The quantitative estimate of drug-likeness (QED) is 0.420. The first-order chi connectivity index (χ1) is 17.1. The SMILES string of the molecule is O=C1N(c2ccc(Cl)cc2)C(C2COC2)C(O)(c2cccc(OC(F)(F)F)c2)N1c1ccc(Cl)cc1. The zero-order chi connectivity index (χ0) is 25.7. The molecule has 36 heavy (non-hydrogen) atoms.